The molecule has 1 aromatic heterocycles. The van der Waals surface area contributed by atoms with Crippen LogP contribution in [-0.4, -0.2) is 23.0 Å². The summed E-state index contributed by atoms with van der Waals surface area (Å²) in [6.07, 6.45) is 1.43. The normalized spacial score (nSPS) is 10.3. The summed E-state index contributed by atoms with van der Waals surface area (Å²) in [6.45, 7) is 1.91. The lowest BCUT2D eigenvalue weighted by molar-refractivity contribution is -0.123. The number of halogens is 1. The molecule has 0 saturated carbocycles. The number of pyridine rings is 1. The fourth-order valence-corrected chi connectivity index (χ4v) is 2.80. The Morgan fingerprint density at radius 2 is 1.73 bits per heavy atom. The Hall–Kier alpha value is -3.58. The van der Waals surface area contributed by atoms with Gasteiger partial charge in [-0.25, -0.2) is 0 Å². The average Bonchev–Trinajstić information content (AvgIpc) is 2.74. The first-order chi connectivity index (χ1) is 14.4. The number of benzene rings is 2. The Kier molecular flexibility index (Phi) is 6.87. The van der Waals surface area contributed by atoms with Crippen LogP contribution in [0.4, 0.5) is 0 Å². The zero-order valence-electron chi connectivity index (χ0n) is 16.2. The highest BCUT2D eigenvalue weighted by molar-refractivity contribution is 6.30. The van der Waals surface area contributed by atoms with E-state index in [1.54, 1.807) is 36.4 Å². The van der Waals surface area contributed by atoms with Crippen molar-refractivity contribution in [3.63, 3.8) is 0 Å². The van der Waals surface area contributed by atoms with E-state index in [1.807, 2.05) is 19.1 Å². The number of amides is 2. The third-order valence-electron chi connectivity index (χ3n) is 4.28. The Labute approximate surface area is 178 Å². The van der Waals surface area contributed by atoms with Gasteiger partial charge in [0.2, 0.25) is 0 Å². The number of nitrogens with one attached hydrogen (secondary N) is 2. The summed E-state index contributed by atoms with van der Waals surface area (Å²) in [5.41, 5.74) is 6.35. The molecule has 30 heavy (non-hydrogen) atoms. The van der Waals surface area contributed by atoms with E-state index < -0.39 is 11.8 Å². The van der Waals surface area contributed by atoms with E-state index in [0.29, 0.717) is 10.8 Å². The molecule has 0 atom stereocenters. The molecule has 2 N–H and O–H groups in total. The number of carbonyl (C=O) groups is 2. The molecule has 8 heteroatoms. The smallest absolute Gasteiger partial charge is 0.276 e. The van der Waals surface area contributed by atoms with Crippen LogP contribution in [0.2, 0.25) is 5.02 Å². The van der Waals surface area contributed by atoms with Crippen LogP contribution in [0.5, 0.6) is 5.75 Å². The minimum absolute atomic E-state index is 0.226. The number of para-hydroxylation sites is 1. The largest absolute Gasteiger partial charge is 0.483 e. The highest BCUT2D eigenvalue weighted by atomic mass is 35.5. The summed E-state index contributed by atoms with van der Waals surface area (Å²) in [5, 5.41) is 0.598. The van der Waals surface area contributed by atoms with Crippen molar-refractivity contribution < 1.29 is 14.3 Å². The molecule has 2 aromatic carbocycles. The fourth-order valence-electron chi connectivity index (χ4n) is 2.67. The van der Waals surface area contributed by atoms with Gasteiger partial charge in [-0.1, -0.05) is 41.9 Å². The predicted molar refractivity (Wildman–Crippen MR) is 114 cm³/mol. The van der Waals surface area contributed by atoms with Gasteiger partial charge >= 0.3 is 0 Å². The Bertz CT molecular complexity index is 1110. The molecule has 0 aliphatic rings. The number of rotatable bonds is 6. The molecule has 0 aliphatic carbocycles. The van der Waals surface area contributed by atoms with Crippen molar-refractivity contribution in [3.8, 4) is 5.75 Å². The van der Waals surface area contributed by atoms with Crippen molar-refractivity contribution in [2.45, 2.75) is 13.5 Å². The van der Waals surface area contributed by atoms with Crippen molar-refractivity contribution in [1.29, 1.82) is 0 Å². The number of nitrogens with zero attached hydrogens (tertiary/aromatic N) is 1. The molecule has 154 valence electrons. The lowest BCUT2D eigenvalue weighted by Crippen LogP contribution is -2.44. The van der Waals surface area contributed by atoms with Crippen LogP contribution in [0, 0.1) is 6.92 Å². The minimum Gasteiger partial charge on any atom is -0.483 e. The van der Waals surface area contributed by atoms with Gasteiger partial charge in [-0.15, -0.1) is 0 Å². The van der Waals surface area contributed by atoms with Gasteiger partial charge in [0, 0.05) is 17.3 Å². The maximum absolute atomic E-state index is 12.3. The third kappa shape index (κ3) is 5.71. The van der Waals surface area contributed by atoms with Crippen molar-refractivity contribution >= 4 is 23.4 Å². The van der Waals surface area contributed by atoms with Crippen molar-refractivity contribution in [2.75, 3.05) is 6.61 Å². The topological polar surface area (TPSA) is 89.4 Å². The van der Waals surface area contributed by atoms with Crippen LogP contribution in [-0.2, 0) is 11.3 Å². The van der Waals surface area contributed by atoms with E-state index >= 15 is 0 Å². The lowest BCUT2D eigenvalue weighted by atomic mass is 10.2. The second-order valence-electron chi connectivity index (χ2n) is 6.57. The standard InChI is InChI=1S/C22H20ClN3O4/c1-15-4-2-3-5-19(15)30-14-20(27)24-25-22(29)17-8-11-21(28)26(13-17)12-16-6-9-18(23)10-7-16/h2-11,13H,12,14H2,1H3,(H,24,27)(H,25,29). The van der Waals surface area contributed by atoms with Crippen LogP contribution < -0.4 is 21.1 Å². The molecule has 7 nitrogen and oxygen atoms in total. The number of hydrogen-bond acceptors (Lipinski definition) is 4. The minimum atomic E-state index is -0.552. The van der Waals surface area contributed by atoms with Gasteiger partial charge in [0.25, 0.3) is 17.4 Å². The molecule has 0 unspecified atom stereocenters. The SMILES string of the molecule is Cc1ccccc1OCC(=O)NNC(=O)c1ccc(=O)n(Cc2ccc(Cl)cc2)c1. The molecule has 0 radical (unpaired) electrons. The lowest BCUT2D eigenvalue weighted by Gasteiger charge is -2.11. The van der Waals surface area contributed by atoms with E-state index in [2.05, 4.69) is 10.9 Å². The van der Waals surface area contributed by atoms with Crippen molar-refractivity contribution in [1.82, 2.24) is 15.4 Å². The number of aryl methyl sites for hydroxylation is 1. The molecule has 0 saturated heterocycles. The van der Waals surface area contributed by atoms with E-state index in [9.17, 15) is 14.4 Å². The van der Waals surface area contributed by atoms with Gasteiger partial charge in [-0.3, -0.25) is 25.2 Å². The van der Waals surface area contributed by atoms with Gasteiger partial charge < -0.3 is 9.30 Å². The quantitative estimate of drug-likeness (QED) is 0.594. The van der Waals surface area contributed by atoms with Crippen LogP contribution in [0.15, 0.2) is 71.7 Å². The second-order valence-corrected chi connectivity index (χ2v) is 7.00. The summed E-state index contributed by atoms with van der Waals surface area (Å²) in [6, 6.07) is 17.1. The molecule has 3 aromatic rings. The van der Waals surface area contributed by atoms with Gasteiger partial charge in [0.1, 0.15) is 5.75 Å². The summed E-state index contributed by atoms with van der Waals surface area (Å²) < 4.78 is 6.83. The monoisotopic (exact) mass is 425 g/mol. The summed E-state index contributed by atoms with van der Waals surface area (Å²) in [4.78, 5) is 36.4. The molecular weight excluding hydrogens is 406 g/mol. The molecule has 1 heterocycles. The van der Waals surface area contributed by atoms with Crippen LogP contribution in [0.25, 0.3) is 0 Å². The Morgan fingerprint density at radius 3 is 2.47 bits per heavy atom. The molecule has 0 bridgehead atoms. The summed E-state index contributed by atoms with van der Waals surface area (Å²) in [7, 11) is 0. The Morgan fingerprint density at radius 1 is 1.00 bits per heavy atom. The number of aromatic nitrogens is 1. The summed E-state index contributed by atoms with van der Waals surface area (Å²) >= 11 is 5.87. The van der Waals surface area contributed by atoms with E-state index in [-0.39, 0.29) is 24.3 Å². The van der Waals surface area contributed by atoms with E-state index in [4.69, 9.17) is 16.3 Å². The number of carbonyl (C=O) groups excluding carboxylic acids is 2. The molecular formula is C22H20ClN3O4. The maximum atomic E-state index is 12.3. The van der Waals surface area contributed by atoms with Crippen LogP contribution >= 0.6 is 11.6 Å². The van der Waals surface area contributed by atoms with Gasteiger partial charge in [-0.05, 0) is 42.3 Å². The van der Waals surface area contributed by atoms with E-state index in [0.717, 1.165) is 11.1 Å². The van der Waals surface area contributed by atoms with Gasteiger partial charge in [-0.2, -0.15) is 0 Å². The second kappa shape index (κ2) is 9.76. The number of hydrogen-bond donors (Lipinski definition) is 2. The zero-order chi connectivity index (χ0) is 21.5. The first-order valence-corrected chi connectivity index (χ1v) is 9.53. The maximum Gasteiger partial charge on any atom is 0.276 e. The molecule has 3 rings (SSSR count). The number of ether oxygens (including phenoxy) is 1. The highest BCUT2D eigenvalue weighted by Gasteiger charge is 2.10. The summed E-state index contributed by atoms with van der Waals surface area (Å²) in [5.74, 6) is -0.474. The molecule has 0 aliphatic heterocycles. The Balaban J connectivity index is 1.57. The first-order valence-electron chi connectivity index (χ1n) is 9.15. The third-order valence-corrected chi connectivity index (χ3v) is 4.53. The van der Waals surface area contributed by atoms with Crippen molar-refractivity contribution in [2.24, 2.45) is 0 Å². The van der Waals surface area contributed by atoms with Crippen LogP contribution in [0.3, 0.4) is 0 Å². The van der Waals surface area contributed by atoms with Crippen molar-refractivity contribution in [3.05, 3.63) is 98.9 Å². The predicted octanol–water partition coefficient (Wildman–Crippen LogP) is 2.70. The molecule has 0 fully saturated rings. The highest BCUT2D eigenvalue weighted by Crippen LogP contribution is 2.15. The first kappa shape index (κ1) is 21.1. The van der Waals surface area contributed by atoms with Crippen LogP contribution in [0.1, 0.15) is 21.5 Å². The zero-order valence-corrected chi connectivity index (χ0v) is 17.0. The molecule has 0 spiro atoms. The van der Waals surface area contributed by atoms with Gasteiger partial charge in [0.05, 0.1) is 12.1 Å². The fraction of sp³-hybridized carbons (Fsp3) is 0.136. The average molecular weight is 426 g/mol. The van der Waals surface area contributed by atoms with Gasteiger partial charge in [0.15, 0.2) is 6.61 Å². The van der Waals surface area contributed by atoms with E-state index in [1.165, 1.54) is 22.9 Å². The number of hydrazine groups is 1. The molecule has 2 amide bonds.